The van der Waals surface area contributed by atoms with Gasteiger partial charge in [0, 0.05) is 25.2 Å². The van der Waals surface area contributed by atoms with Crippen molar-refractivity contribution in [3.63, 3.8) is 0 Å². The largest absolute Gasteiger partial charge is 0.444 e. The lowest BCUT2D eigenvalue weighted by molar-refractivity contribution is 0.0513. The van der Waals surface area contributed by atoms with E-state index in [0.717, 1.165) is 31.5 Å². The number of amides is 1. The molecule has 2 heterocycles. The highest BCUT2D eigenvalue weighted by atomic mass is 32.3. The first-order valence-corrected chi connectivity index (χ1v) is 10.4. The Morgan fingerprint density at radius 3 is 2.62 bits per heavy atom. The van der Waals surface area contributed by atoms with E-state index in [1.807, 2.05) is 32.9 Å². The van der Waals surface area contributed by atoms with Gasteiger partial charge in [-0.1, -0.05) is 22.9 Å². The third-order valence-electron chi connectivity index (χ3n) is 4.48. The monoisotopic (exact) mass is 381 g/mol. The fraction of sp³-hybridized carbons (Fsp3) is 0.556. The number of likely N-dealkylation sites (tertiary alicyclic amines) is 1. The highest BCUT2D eigenvalue weighted by Crippen LogP contribution is 2.56. The Morgan fingerprint density at radius 1 is 1.31 bits per heavy atom. The number of alkyl carbamates (subject to hydrolysis) is 1. The number of nitrogens with one attached hydrogen (secondary N) is 1. The Bertz CT molecular complexity index is 707. The molecule has 0 saturated carbocycles. The predicted octanol–water partition coefficient (Wildman–Crippen LogP) is 3.71. The van der Waals surface area contributed by atoms with Gasteiger partial charge >= 0.3 is 6.09 Å². The molecule has 26 heavy (non-hydrogen) atoms. The van der Waals surface area contributed by atoms with Crippen molar-refractivity contribution in [2.75, 3.05) is 19.6 Å². The molecule has 1 aromatic carbocycles. The third-order valence-corrected chi connectivity index (χ3v) is 5.86. The summed E-state index contributed by atoms with van der Waals surface area (Å²) in [5, 5.41) is 2.84. The summed E-state index contributed by atoms with van der Waals surface area (Å²) in [4.78, 5) is 14.4. The van der Waals surface area contributed by atoms with Gasteiger partial charge in [0.2, 0.25) is 0 Å². The van der Waals surface area contributed by atoms with Crippen LogP contribution in [0.15, 0.2) is 33.6 Å². The summed E-state index contributed by atoms with van der Waals surface area (Å²) in [5.41, 5.74) is 0.308. The van der Waals surface area contributed by atoms with Crippen LogP contribution in [0.25, 0.3) is 0 Å². The van der Waals surface area contributed by atoms with E-state index in [0.29, 0.717) is 23.2 Å². The zero-order valence-corrected chi connectivity index (χ0v) is 16.3. The van der Waals surface area contributed by atoms with E-state index in [2.05, 4.69) is 14.6 Å². The first-order chi connectivity index (χ1) is 12.2. The molecular formula is C18H27N3O4S. The van der Waals surface area contributed by atoms with E-state index in [-0.39, 0.29) is 6.09 Å². The molecule has 2 aliphatic heterocycles. The van der Waals surface area contributed by atoms with Crippen molar-refractivity contribution in [1.82, 2.24) is 10.2 Å². The molecule has 1 amide bonds. The van der Waals surface area contributed by atoms with E-state index in [1.165, 1.54) is 0 Å². The van der Waals surface area contributed by atoms with Crippen molar-refractivity contribution >= 4 is 22.7 Å². The first kappa shape index (κ1) is 19.0. The summed E-state index contributed by atoms with van der Waals surface area (Å²) in [5.74, 6) is 1.04. The number of hydrogen-bond donors (Lipinski definition) is 3. The van der Waals surface area contributed by atoms with E-state index < -0.39 is 16.4 Å². The minimum absolute atomic E-state index is 0.372. The fourth-order valence-corrected chi connectivity index (χ4v) is 4.50. The SMILES string of the molecule is CC(C)(C)OC(=O)NCC1CCN(C2=NS(O)(O)c3ccccc32)CC1. The molecule has 144 valence electrons. The Kier molecular flexibility index (Phi) is 5.18. The maximum atomic E-state index is 11.8. The number of carbonyl (C=O) groups excluding carboxylic acids is 1. The van der Waals surface area contributed by atoms with Crippen LogP contribution in [0.2, 0.25) is 0 Å². The Balaban J connectivity index is 1.54. The Labute approximate surface area is 155 Å². The zero-order valence-electron chi connectivity index (χ0n) is 15.4. The second kappa shape index (κ2) is 7.09. The smallest absolute Gasteiger partial charge is 0.407 e. The average molecular weight is 381 g/mol. The van der Waals surface area contributed by atoms with E-state index in [4.69, 9.17) is 4.74 Å². The molecule has 8 heteroatoms. The van der Waals surface area contributed by atoms with Gasteiger partial charge < -0.3 is 15.0 Å². The number of fused-ring (bicyclic) bond motifs is 1. The molecular weight excluding hydrogens is 354 g/mol. The molecule has 3 N–H and O–H groups in total. The van der Waals surface area contributed by atoms with Crippen LogP contribution in [-0.4, -0.2) is 51.2 Å². The number of piperidine rings is 1. The second-order valence-electron chi connectivity index (χ2n) is 7.74. The van der Waals surface area contributed by atoms with Crippen LogP contribution in [0.4, 0.5) is 4.79 Å². The highest BCUT2D eigenvalue weighted by Gasteiger charge is 2.33. The van der Waals surface area contributed by atoms with E-state index in [1.54, 1.807) is 12.1 Å². The molecule has 7 nitrogen and oxygen atoms in total. The van der Waals surface area contributed by atoms with Gasteiger partial charge in [-0.05, 0) is 51.7 Å². The third kappa shape index (κ3) is 4.31. The van der Waals surface area contributed by atoms with Crippen LogP contribution in [0.3, 0.4) is 0 Å². The minimum Gasteiger partial charge on any atom is -0.444 e. The molecule has 0 spiro atoms. The molecule has 2 aliphatic rings. The number of amidine groups is 1. The molecule has 1 aromatic rings. The predicted molar refractivity (Wildman–Crippen MR) is 103 cm³/mol. The zero-order chi connectivity index (χ0) is 18.9. The van der Waals surface area contributed by atoms with Gasteiger partial charge in [0.05, 0.1) is 4.90 Å². The lowest BCUT2D eigenvalue weighted by atomic mass is 9.96. The van der Waals surface area contributed by atoms with Crippen LogP contribution >= 0.6 is 10.8 Å². The van der Waals surface area contributed by atoms with Crippen LogP contribution in [0, 0.1) is 5.92 Å². The van der Waals surface area contributed by atoms with E-state index in [9.17, 15) is 13.9 Å². The van der Waals surface area contributed by atoms with Crippen LogP contribution in [0.1, 0.15) is 39.2 Å². The van der Waals surface area contributed by atoms with Crippen LogP contribution in [-0.2, 0) is 4.74 Å². The standard InChI is InChI=1S/C18H27N3O4S/c1-18(2,3)25-17(22)19-12-13-8-10-21(11-9-13)16-14-6-4-5-7-15(14)26(23,24)20-16/h4-7,13,23-24H,8-12H2,1-3H3,(H,19,22). The summed E-state index contributed by atoms with van der Waals surface area (Å²) >= 11 is 0. The Morgan fingerprint density at radius 2 is 1.96 bits per heavy atom. The van der Waals surface area contributed by atoms with Crippen LogP contribution in [0.5, 0.6) is 0 Å². The summed E-state index contributed by atoms with van der Waals surface area (Å²) < 4.78 is 29.9. The van der Waals surface area contributed by atoms with Gasteiger partial charge in [-0.2, -0.15) is 0 Å². The summed E-state index contributed by atoms with van der Waals surface area (Å²) in [6.07, 6.45) is 1.41. The van der Waals surface area contributed by atoms with E-state index >= 15 is 0 Å². The molecule has 0 bridgehead atoms. The Hall–Kier alpha value is -1.77. The van der Waals surface area contributed by atoms with Gasteiger partial charge in [-0.3, -0.25) is 9.11 Å². The molecule has 0 aliphatic carbocycles. The summed E-state index contributed by atoms with van der Waals surface area (Å²) in [7, 11) is -3.08. The molecule has 3 rings (SSSR count). The number of nitrogens with zero attached hydrogens (tertiary/aromatic N) is 2. The minimum atomic E-state index is -3.08. The molecule has 0 atom stereocenters. The van der Waals surface area contributed by atoms with Crippen molar-refractivity contribution in [3.8, 4) is 0 Å². The molecule has 0 aromatic heterocycles. The first-order valence-electron chi connectivity index (χ1n) is 8.85. The van der Waals surface area contributed by atoms with Crippen molar-refractivity contribution < 1.29 is 18.6 Å². The van der Waals surface area contributed by atoms with Gasteiger partial charge in [0.25, 0.3) is 0 Å². The normalized spacial score (nSPS) is 21.0. The van der Waals surface area contributed by atoms with Gasteiger partial charge in [0.1, 0.15) is 5.60 Å². The van der Waals surface area contributed by atoms with Crippen molar-refractivity contribution in [1.29, 1.82) is 0 Å². The number of carbonyl (C=O) groups is 1. The summed E-state index contributed by atoms with van der Waals surface area (Å²) in [6.45, 7) is 7.65. The van der Waals surface area contributed by atoms with Crippen LogP contribution < -0.4 is 5.32 Å². The topological polar surface area (TPSA) is 94.4 Å². The number of ether oxygens (including phenoxy) is 1. The highest BCUT2D eigenvalue weighted by molar-refractivity contribution is 8.23. The maximum Gasteiger partial charge on any atom is 0.407 e. The van der Waals surface area contributed by atoms with Gasteiger partial charge in [-0.25, -0.2) is 4.79 Å². The van der Waals surface area contributed by atoms with Gasteiger partial charge in [0.15, 0.2) is 5.84 Å². The maximum absolute atomic E-state index is 11.8. The van der Waals surface area contributed by atoms with Crippen molar-refractivity contribution in [2.24, 2.45) is 10.3 Å². The molecule has 1 saturated heterocycles. The molecule has 1 fully saturated rings. The number of hydrogen-bond acceptors (Lipinski definition) is 6. The lowest BCUT2D eigenvalue weighted by Crippen LogP contribution is -2.42. The van der Waals surface area contributed by atoms with Crippen molar-refractivity contribution in [3.05, 3.63) is 29.8 Å². The quantitative estimate of drug-likeness (QED) is 0.726. The van der Waals surface area contributed by atoms with Crippen molar-refractivity contribution in [2.45, 2.75) is 44.1 Å². The molecule has 0 radical (unpaired) electrons. The second-order valence-corrected chi connectivity index (χ2v) is 9.40. The fourth-order valence-electron chi connectivity index (χ4n) is 3.23. The lowest BCUT2D eigenvalue weighted by Gasteiger charge is -2.33. The number of rotatable bonds is 2. The molecule has 0 unspecified atom stereocenters. The average Bonchev–Trinajstić information content (AvgIpc) is 2.84. The summed E-state index contributed by atoms with van der Waals surface area (Å²) in [6, 6.07) is 7.27. The van der Waals surface area contributed by atoms with Gasteiger partial charge in [-0.15, -0.1) is 4.40 Å². The number of benzene rings is 1.